The molecule has 0 unspecified atom stereocenters. The Hall–Kier alpha value is -3.55. The van der Waals surface area contributed by atoms with Crippen molar-refractivity contribution < 1.29 is 24.2 Å². The van der Waals surface area contributed by atoms with Gasteiger partial charge < -0.3 is 24.9 Å². The molecule has 2 aromatic carbocycles. The van der Waals surface area contributed by atoms with Gasteiger partial charge in [0.2, 0.25) is 0 Å². The van der Waals surface area contributed by atoms with Crippen molar-refractivity contribution in [3.05, 3.63) is 47.8 Å². The second-order valence-electron chi connectivity index (χ2n) is 7.87. The maximum Gasteiger partial charge on any atom is 0.257 e. The lowest BCUT2D eigenvalue weighted by Gasteiger charge is -2.32. The van der Waals surface area contributed by atoms with E-state index in [2.05, 4.69) is 15.3 Å². The van der Waals surface area contributed by atoms with E-state index in [0.717, 1.165) is 16.9 Å². The van der Waals surface area contributed by atoms with Crippen LogP contribution >= 0.6 is 0 Å². The molecule has 1 aromatic heterocycles. The second-order valence-corrected chi connectivity index (χ2v) is 7.87. The van der Waals surface area contributed by atoms with Gasteiger partial charge in [0.15, 0.2) is 12.4 Å². The molecule has 156 valence electrons. The van der Waals surface area contributed by atoms with Gasteiger partial charge in [0.05, 0.1) is 17.5 Å². The predicted octanol–water partition coefficient (Wildman–Crippen LogP) is 2.75. The summed E-state index contributed by atoms with van der Waals surface area (Å²) >= 11 is 0. The minimum absolute atomic E-state index is 0.150. The zero-order valence-corrected chi connectivity index (χ0v) is 16.8. The van der Waals surface area contributed by atoms with Gasteiger partial charge >= 0.3 is 0 Å². The molecule has 1 aliphatic heterocycles. The number of H-pyrrole nitrogens is 1. The SMILES string of the molecule is CC1(C)CC(=O)c2c(O)cc(OCC(=O)NCCc3nc4ccccc4[nH]3)cc2O1. The molecule has 2 heterocycles. The topological polar surface area (TPSA) is 114 Å². The first-order valence-corrected chi connectivity index (χ1v) is 9.73. The summed E-state index contributed by atoms with van der Waals surface area (Å²) in [5.74, 6) is 0.602. The van der Waals surface area contributed by atoms with Crippen LogP contribution in [-0.2, 0) is 11.2 Å². The number of phenolic OH excluding ortho intramolecular Hbond substituents is 1. The number of aromatic nitrogens is 2. The van der Waals surface area contributed by atoms with E-state index in [9.17, 15) is 14.7 Å². The van der Waals surface area contributed by atoms with Crippen LogP contribution in [0.5, 0.6) is 17.2 Å². The fraction of sp³-hybridized carbons (Fsp3) is 0.318. The maximum absolute atomic E-state index is 12.2. The molecule has 4 rings (SSSR count). The van der Waals surface area contributed by atoms with Crippen LogP contribution in [0.25, 0.3) is 11.0 Å². The summed E-state index contributed by atoms with van der Waals surface area (Å²) in [6.45, 7) is 3.78. The van der Waals surface area contributed by atoms with E-state index in [1.165, 1.54) is 12.1 Å². The molecule has 8 heteroatoms. The Labute approximate surface area is 173 Å². The number of Topliss-reactive ketones (excluding diaryl/α,β-unsaturated/α-hetero) is 1. The number of nitrogens with zero attached hydrogens (tertiary/aromatic N) is 1. The summed E-state index contributed by atoms with van der Waals surface area (Å²) in [5.41, 5.74) is 1.33. The normalized spacial score (nSPS) is 14.8. The average Bonchev–Trinajstić information content (AvgIpc) is 3.07. The monoisotopic (exact) mass is 409 g/mol. The Morgan fingerprint density at radius 2 is 2.13 bits per heavy atom. The highest BCUT2D eigenvalue weighted by Crippen LogP contribution is 2.40. The number of hydrogen-bond donors (Lipinski definition) is 3. The number of ketones is 1. The van der Waals surface area contributed by atoms with Gasteiger partial charge in [-0.3, -0.25) is 9.59 Å². The van der Waals surface area contributed by atoms with Crippen molar-refractivity contribution in [1.82, 2.24) is 15.3 Å². The van der Waals surface area contributed by atoms with E-state index < -0.39 is 5.60 Å². The molecule has 30 heavy (non-hydrogen) atoms. The van der Waals surface area contributed by atoms with Gasteiger partial charge in [-0.05, 0) is 26.0 Å². The summed E-state index contributed by atoms with van der Waals surface area (Å²) in [7, 11) is 0. The third kappa shape index (κ3) is 4.22. The van der Waals surface area contributed by atoms with Crippen molar-refractivity contribution in [3.63, 3.8) is 0 Å². The van der Waals surface area contributed by atoms with Gasteiger partial charge in [-0.1, -0.05) is 12.1 Å². The number of para-hydroxylation sites is 2. The molecule has 1 amide bonds. The summed E-state index contributed by atoms with van der Waals surface area (Å²) in [5, 5.41) is 12.9. The molecular formula is C22H23N3O5. The van der Waals surface area contributed by atoms with E-state index >= 15 is 0 Å². The smallest absolute Gasteiger partial charge is 0.257 e. The summed E-state index contributed by atoms with van der Waals surface area (Å²) < 4.78 is 11.3. The third-order valence-electron chi connectivity index (χ3n) is 4.80. The lowest BCUT2D eigenvalue weighted by molar-refractivity contribution is -0.123. The number of phenols is 1. The molecular weight excluding hydrogens is 386 g/mol. The molecule has 0 radical (unpaired) electrons. The van der Waals surface area contributed by atoms with E-state index in [1.807, 2.05) is 24.3 Å². The second kappa shape index (κ2) is 7.70. The number of imidazole rings is 1. The Bertz CT molecular complexity index is 1090. The van der Waals surface area contributed by atoms with Crippen molar-refractivity contribution in [1.29, 1.82) is 0 Å². The predicted molar refractivity (Wildman–Crippen MR) is 110 cm³/mol. The van der Waals surface area contributed by atoms with Gasteiger partial charge in [-0.15, -0.1) is 0 Å². The van der Waals surface area contributed by atoms with Crippen molar-refractivity contribution in [2.45, 2.75) is 32.3 Å². The lowest BCUT2D eigenvalue weighted by atomic mass is 9.92. The molecule has 0 fully saturated rings. The number of rotatable bonds is 6. The lowest BCUT2D eigenvalue weighted by Crippen LogP contribution is -2.36. The van der Waals surface area contributed by atoms with Crippen LogP contribution in [0.2, 0.25) is 0 Å². The first-order valence-electron chi connectivity index (χ1n) is 9.73. The first-order chi connectivity index (χ1) is 14.3. The first kappa shape index (κ1) is 19.8. The molecule has 0 spiro atoms. The van der Waals surface area contributed by atoms with Crippen LogP contribution in [0, 0.1) is 0 Å². The van der Waals surface area contributed by atoms with Crippen LogP contribution in [-0.4, -0.2) is 45.5 Å². The number of carbonyl (C=O) groups excluding carboxylic acids is 2. The van der Waals surface area contributed by atoms with E-state index in [-0.39, 0.29) is 47.5 Å². The van der Waals surface area contributed by atoms with Crippen LogP contribution in [0.1, 0.15) is 36.5 Å². The molecule has 0 bridgehead atoms. The molecule has 0 atom stereocenters. The molecule has 0 aliphatic carbocycles. The van der Waals surface area contributed by atoms with Crippen molar-refractivity contribution >= 4 is 22.7 Å². The third-order valence-corrected chi connectivity index (χ3v) is 4.80. The zero-order chi connectivity index (χ0) is 21.3. The van der Waals surface area contributed by atoms with E-state index in [0.29, 0.717) is 13.0 Å². The molecule has 0 saturated heterocycles. The van der Waals surface area contributed by atoms with Crippen LogP contribution in [0.4, 0.5) is 0 Å². The largest absolute Gasteiger partial charge is 0.507 e. The number of amides is 1. The quantitative estimate of drug-likeness (QED) is 0.577. The zero-order valence-electron chi connectivity index (χ0n) is 16.8. The minimum atomic E-state index is -0.664. The molecule has 8 nitrogen and oxygen atoms in total. The highest BCUT2D eigenvalue weighted by atomic mass is 16.5. The van der Waals surface area contributed by atoms with Gasteiger partial charge in [0, 0.05) is 25.1 Å². The number of nitrogens with one attached hydrogen (secondary N) is 2. The number of ether oxygens (including phenoxy) is 2. The number of carbonyl (C=O) groups is 2. The molecule has 3 N–H and O–H groups in total. The summed E-state index contributed by atoms with van der Waals surface area (Å²) in [6, 6.07) is 10.6. The number of hydrogen-bond acceptors (Lipinski definition) is 6. The fourth-order valence-corrected chi connectivity index (χ4v) is 3.47. The number of aromatic amines is 1. The van der Waals surface area contributed by atoms with Crippen LogP contribution in [0.15, 0.2) is 36.4 Å². The average molecular weight is 409 g/mol. The Morgan fingerprint density at radius 3 is 2.93 bits per heavy atom. The van der Waals surface area contributed by atoms with Crippen LogP contribution < -0.4 is 14.8 Å². The Morgan fingerprint density at radius 1 is 1.33 bits per heavy atom. The fourth-order valence-electron chi connectivity index (χ4n) is 3.47. The Balaban J connectivity index is 1.31. The number of fused-ring (bicyclic) bond motifs is 2. The standard InChI is InChI=1S/C22H23N3O5/c1-22(2)11-17(27)21-16(26)9-13(10-18(21)30-22)29-12-20(28)23-8-7-19-24-14-5-3-4-6-15(14)25-19/h3-6,9-10,26H,7-8,11-12H2,1-2H3,(H,23,28)(H,24,25). The molecule has 3 aromatic rings. The van der Waals surface area contributed by atoms with Crippen molar-refractivity contribution in [2.75, 3.05) is 13.2 Å². The van der Waals surface area contributed by atoms with Gasteiger partial charge in [-0.25, -0.2) is 4.98 Å². The number of aromatic hydroxyl groups is 1. The molecule has 0 saturated carbocycles. The van der Waals surface area contributed by atoms with Gasteiger partial charge in [0.1, 0.15) is 34.2 Å². The Kier molecular flexibility index (Phi) is 5.07. The highest BCUT2D eigenvalue weighted by molar-refractivity contribution is 6.03. The van der Waals surface area contributed by atoms with Gasteiger partial charge in [0.25, 0.3) is 5.91 Å². The van der Waals surface area contributed by atoms with Crippen LogP contribution in [0.3, 0.4) is 0 Å². The highest BCUT2D eigenvalue weighted by Gasteiger charge is 2.35. The number of benzene rings is 2. The van der Waals surface area contributed by atoms with Crippen molar-refractivity contribution in [3.8, 4) is 17.2 Å². The summed E-state index contributed by atoms with van der Waals surface area (Å²) in [4.78, 5) is 32.0. The van der Waals surface area contributed by atoms with Crippen molar-refractivity contribution in [2.24, 2.45) is 0 Å². The van der Waals surface area contributed by atoms with Gasteiger partial charge in [-0.2, -0.15) is 0 Å². The van der Waals surface area contributed by atoms with E-state index in [1.54, 1.807) is 13.8 Å². The molecule has 1 aliphatic rings. The summed E-state index contributed by atoms with van der Waals surface area (Å²) in [6.07, 6.45) is 0.743. The maximum atomic E-state index is 12.2. The minimum Gasteiger partial charge on any atom is -0.507 e. The van der Waals surface area contributed by atoms with E-state index in [4.69, 9.17) is 9.47 Å².